The second kappa shape index (κ2) is 7.81. The van der Waals surface area contributed by atoms with Crippen LogP contribution in [0.5, 0.6) is 11.5 Å². The molecule has 160 valence electrons. The number of benzene rings is 1. The fourth-order valence-corrected chi connectivity index (χ4v) is 4.98. The molecule has 8 nitrogen and oxygen atoms in total. The number of nitrogens with zero attached hydrogens (tertiary/aromatic N) is 3. The average Bonchev–Trinajstić information content (AvgIpc) is 3.25. The zero-order chi connectivity index (χ0) is 20.6. The Bertz CT molecular complexity index is 1000. The molecule has 0 bridgehead atoms. The van der Waals surface area contributed by atoms with Gasteiger partial charge in [0.05, 0.1) is 5.54 Å². The lowest BCUT2D eigenvalue weighted by molar-refractivity contribution is -0.124. The summed E-state index contributed by atoms with van der Waals surface area (Å²) in [5.74, 6) is 2.10. The van der Waals surface area contributed by atoms with Crippen LogP contribution in [-0.2, 0) is 29.8 Å². The van der Waals surface area contributed by atoms with E-state index in [9.17, 15) is 9.59 Å². The number of carbonyl (C=O) groups excluding carboxylic acids is 1. The summed E-state index contributed by atoms with van der Waals surface area (Å²) in [7, 11) is 0. The van der Waals surface area contributed by atoms with Crippen molar-refractivity contribution in [3.05, 3.63) is 40.1 Å². The molecule has 1 aromatic heterocycles. The molecule has 0 saturated heterocycles. The first kappa shape index (κ1) is 19.2. The molecule has 3 heterocycles. The van der Waals surface area contributed by atoms with Crippen LogP contribution in [0.3, 0.4) is 0 Å². The fourth-order valence-electron chi connectivity index (χ4n) is 4.98. The Balaban J connectivity index is 1.37. The number of hydrogen-bond donors (Lipinski definition) is 1. The highest BCUT2D eigenvalue weighted by atomic mass is 16.6. The van der Waals surface area contributed by atoms with Crippen molar-refractivity contribution in [1.82, 2.24) is 19.7 Å². The summed E-state index contributed by atoms with van der Waals surface area (Å²) in [5.41, 5.74) is 0.417. The quantitative estimate of drug-likeness (QED) is 0.831. The first-order valence-corrected chi connectivity index (χ1v) is 11.0. The molecule has 30 heavy (non-hydrogen) atoms. The number of ether oxygens (including phenoxy) is 2. The molecule has 1 aromatic carbocycles. The normalized spacial score (nSPS) is 19.7. The van der Waals surface area contributed by atoms with Gasteiger partial charge in [0.15, 0.2) is 11.5 Å². The first-order valence-electron chi connectivity index (χ1n) is 11.0. The van der Waals surface area contributed by atoms with Crippen LogP contribution in [0.1, 0.15) is 56.3 Å². The third-order valence-corrected chi connectivity index (χ3v) is 6.51. The zero-order valence-electron chi connectivity index (χ0n) is 17.2. The number of rotatable bonds is 4. The van der Waals surface area contributed by atoms with E-state index in [1.54, 1.807) is 4.57 Å². The van der Waals surface area contributed by atoms with Crippen molar-refractivity contribution >= 4 is 5.91 Å². The minimum absolute atomic E-state index is 0.0505. The highest BCUT2D eigenvalue weighted by molar-refractivity contribution is 5.77. The highest BCUT2D eigenvalue weighted by Gasteiger charge is 2.38. The van der Waals surface area contributed by atoms with Crippen molar-refractivity contribution < 1.29 is 14.3 Å². The predicted molar refractivity (Wildman–Crippen MR) is 110 cm³/mol. The average molecular weight is 412 g/mol. The van der Waals surface area contributed by atoms with E-state index in [2.05, 4.69) is 10.4 Å². The first-order chi connectivity index (χ1) is 14.6. The van der Waals surface area contributed by atoms with Crippen LogP contribution in [0.4, 0.5) is 0 Å². The van der Waals surface area contributed by atoms with Crippen molar-refractivity contribution in [2.24, 2.45) is 0 Å². The third kappa shape index (κ3) is 3.48. The number of aromatic nitrogens is 3. The summed E-state index contributed by atoms with van der Waals surface area (Å²) in [6.07, 6.45) is 7.76. The standard InChI is InChI=1S/C22H28N4O4/c27-20(15-26-21(28)25-11-5-1-2-6-19(25)24-26)23-22(9-3-4-10-22)16-7-8-17-18(14-16)30-13-12-29-17/h7-8,14H,1-6,9-13,15H2,(H,23,27). The number of nitrogens with one attached hydrogen (secondary N) is 1. The Labute approximate surface area is 175 Å². The predicted octanol–water partition coefficient (Wildman–Crippen LogP) is 2.13. The van der Waals surface area contributed by atoms with E-state index in [0.29, 0.717) is 19.8 Å². The molecule has 2 aromatic rings. The summed E-state index contributed by atoms with van der Waals surface area (Å²) in [4.78, 5) is 25.7. The SMILES string of the molecule is O=C(Cn1nc2n(c1=O)CCCCC2)NC1(c2ccc3c(c2)OCCO3)CCCC1. The maximum atomic E-state index is 13.0. The van der Waals surface area contributed by atoms with E-state index in [-0.39, 0.29) is 18.1 Å². The number of amides is 1. The smallest absolute Gasteiger partial charge is 0.346 e. The summed E-state index contributed by atoms with van der Waals surface area (Å²) in [6, 6.07) is 5.93. The summed E-state index contributed by atoms with van der Waals surface area (Å²) >= 11 is 0. The molecule has 5 rings (SSSR count). The monoisotopic (exact) mass is 412 g/mol. The van der Waals surface area contributed by atoms with Crippen LogP contribution in [0.25, 0.3) is 0 Å². The van der Waals surface area contributed by atoms with Gasteiger partial charge < -0.3 is 14.8 Å². The molecule has 0 spiro atoms. The van der Waals surface area contributed by atoms with Gasteiger partial charge in [0.25, 0.3) is 0 Å². The van der Waals surface area contributed by atoms with Crippen molar-refractivity contribution in [2.45, 2.75) is 70.0 Å². The topological polar surface area (TPSA) is 87.4 Å². The van der Waals surface area contributed by atoms with Crippen molar-refractivity contribution in [3.63, 3.8) is 0 Å². The van der Waals surface area contributed by atoms with Crippen LogP contribution in [-0.4, -0.2) is 33.5 Å². The van der Waals surface area contributed by atoms with Gasteiger partial charge in [-0.25, -0.2) is 9.48 Å². The van der Waals surface area contributed by atoms with Gasteiger partial charge in [-0.05, 0) is 43.4 Å². The molecule has 1 saturated carbocycles. The fraction of sp³-hybridized carbons (Fsp3) is 0.591. The lowest BCUT2D eigenvalue weighted by Crippen LogP contribution is -2.46. The van der Waals surface area contributed by atoms with Gasteiger partial charge >= 0.3 is 5.69 Å². The molecular weight excluding hydrogens is 384 g/mol. The van der Waals surface area contributed by atoms with E-state index >= 15 is 0 Å². The minimum Gasteiger partial charge on any atom is -0.486 e. The van der Waals surface area contributed by atoms with Crippen LogP contribution < -0.4 is 20.5 Å². The summed E-state index contributed by atoms with van der Waals surface area (Å²) in [6.45, 7) is 1.73. The Morgan fingerprint density at radius 3 is 2.70 bits per heavy atom. The van der Waals surface area contributed by atoms with Crippen LogP contribution in [0, 0.1) is 0 Å². The van der Waals surface area contributed by atoms with Gasteiger partial charge in [0, 0.05) is 13.0 Å². The zero-order valence-corrected chi connectivity index (χ0v) is 17.2. The summed E-state index contributed by atoms with van der Waals surface area (Å²) < 4.78 is 14.4. The molecule has 0 unspecified atom stereocenters. The molecule has 1 N–H and O–H groups in total. The molecule has 1 aliphatic carbocycles. The number of carbonyl (C=O) groups is 1. The molecule has 8 heteroatoms. The van der Waals surface area contributed by atoms with Gasteiger partial charge in [0.2, 0.25) is 5.91 Å². The van der Waals surface area contributed by atoms with Gasteiger partial charge in [-0.2, -0.15) is 5.10 Å². The van der Waals surface area contributed by atoms with Crippen LogP contribution >= 0.6 is 0 Å². The van der Waals surface area contributed by atoms with E-state index < -0.39 is 5.54 Å². The third-order valence-electron chi connectivity index (χ3n) is 6.51. The number of fused-ring (bicyclic) bond motifs is 2. The molecule has 2 aliphatic heterocycles. The van der Waals surface area contributed by atoms with E-state index in [1.807, 2.05) is 18.2 Å². The van der Waals surface area contributed by atoms with Crippen molar-refractivity contribution in [3.8, 4) is 11.5 Å². The van der Waals surface area contributed by atoms with Crippen LogP contribution in [0.15, 0.2) is 23.0 Å². The van der Waals surface area contributed by atoms with Gasteiger partial charge in [0.1, 0.15) is 25.6 Å². The highest BCUT2D eigenvalue weighted by Crippen LogP contribution is 2.42. The van der Waals surface area contributed by atoms with Crippen molar-refractivity contribution in [2.75, 3.05) is 13.2 Å². The van der Waals surface area contributed by atoms with E-state index in [1.165, 1.54) is 4.68 Å². The minimum atomic E-state index is -0.437. The lowest BCUT2D eigenvalue weighted by Gasteiger charge is -2.32. The van der Waals surface area contributed by atoms with Gasteiger partial charge in [-0.1, -0.05) is 25.3 Å². The lowest BCUT2D eigenvalue weighted by atomic mass is 9.87. The number of aryl methyl sites for hydroxylation is 1. The second-order valence-corrected chi connectivity index (χ2v) is 8.51. The van der Waals surface area contributed by atoms with E-state index in [0.717, 1.165) is 74.3 Å². The molecule has 3 aliphatic rings. The molecular formula is C22H28N4O4. The van der Waals surface area contributed by atoms with Gasteiger partial charge in [-0.3, -0.25) is 9.36 Å². The molecule has 0 radical (unpaired) electrons. The van der Waals surface area contributed by atoms with Crippen molar-refractivity contribution in [1.29, 1.82) is 0 Å². The largest absolute Gasteiger partial charge is 0.486 e. The van der Waals surface area contributed by atoms with Gasteiger partial charge in [-0.15, -0.1) is 0 Å². The molecule has 1 fully saturated rings. The molecule has 1 amide bonds. The van der Waals surface area contributed by atoms with Crippen LogP contribution in [0.2, 0.25) is 0 Å². The van der Waals surface area contributed by atoms with E-state index in [4.69, 9.17) is 9.47 Å². The Kier molecular flexibility index (Phi) is 5.00. The maximum absolute atomic E-state index is 13.0. The number of hydrogen-bond acceptors (Lipinski definition) is 5. The Morgan fingerprint density at radius 1 is 1.07 bits per heavy atom. The maximum Gasteiger partial charge on any atom is 0.346 e. The Hall–Kier alpha value is -2.77. The second-order valence-electron chi connectivity index (χ2n) is 8.51. The Morgan fingerprint density at radius 2 is 1.87 bits per heavy atom. The summed E-state index contributed by atoms with van der Waals surface area (Å²) in [5, 5.41) is 7.69. The molecule has 0 atom stereocenters.